The zero-order valence-electron chi connectivity index (χ0n) is 7.17. The molecule has 14 heavy (non-hydrogen) atoms. The van der Waals surface area contributed by atoms with Crippen LogP contribution in [0, 0.1) is 17.7 Å². The van der Waals surface area contributed by atoms with Gasteiger partial charge in [0.25, 0.3) is 0 Å². The molecule has 1 nitrogen and oxygen atoms in total. The van der Waals surface area contributed by atoms with E-state index in [9.17, 15) is 8.78 Å². The highest BCUT2D eigenvalue weighted by atomic mass is 19.1. The smallest absolute Gasteiger partial charge is 0.141 e. The van der Waals surface area contributed by atoms with Crippen molar-refractivity contribution in [1.29, 1.82) is 0 Å². The van der Waals surface area contributed by atoms with Crippen molar-refractivity contribution >= 4 is 0 Å². The first kappa shape index (κ1) is 8.81. The predicted octanol–water partition coefficient (Wildman–Crippen LogP) is 2.83. The monoisotopic (exact) mass is 190 g/mol. The van der Waals surface area contributed by atoms with Gasteiger partial charge in [-0.1, -0.05) is 12.1 Å². The molecule has 1 radical (unpaired) electrons. The second kappa shape index (κ2) is 3.54. The zero-order chi connectivity index (χ0) is 9.97. The summed E-state index contributed by atoms with van der Waals surface area (Å²) < 4.78 is 25.3. The lowest BCUT2D eigenvalue weighted by molar-refractivity contribution is 0.621. The second-order valence-electron chi connectivity index (χ2n) is 2.79. The van der Waals surface area contributed by atoms with Crippen LogP contribution in [-0.4, -0.2) is 4.98 Å². The Balaban J connectivity index is 2.44. The SMILES string of the molecule is Fc1[c]ccc(-c2ccc(F)cn2)c1. The van der Waals surface area contributed by atoms with Crippen LogP contribution in [0.4, 0.5) is 8.78 Å². The Labute approximate surface area is 80.0 Å². The van der Waals surface area contributed by atoms with Crippen LogP contribution in [0.5, 0.6) is 0 Å². The van der Waals surface area contributed by atoms with Gasteiger partial charge in [-0.05, 0) is 18.2 Å². The highest BCUT2D eigenvalue weighted by Gasteiger charge is 2.00. The van der Waals surface area contributed by atoms with Crippen molar-refractivity contribution in [2.24, 2.45) is 0 Å². The van der Waals surface area contributed by atoms with E-state index in [1.165, 1.54) is 24.3 Å². The van der Waals surface area contributed by atoms with Crippen LogP contribution >= 0.6 is 0 Å². The molecule has 0 N–H and O–H groups in total. The van der Waals surface area contributed by atoms with Crippen LogP contribution in [0.1, 0.15) is 0 Å². The molecule has 69 valence electrons. The summed E-state index contributed by atoms with van der Waals surface area (Å²) >= 11 is 0. The van der Waals surface area contributed by atoms with Gasteiger partial charge in [-0.2, -0.15) is 0 Å². The molecule has 1 aromatic heterocycles. The van der Waals surface area contributed by atoms with Gasteiger partial charge in [0, 0.05) is 11.6 Å². The number of benzene rings is 1. The minimum atomic E-state index is -0.450. The molecule has 0 atom stereocenters. The number of nitrogens with zero attached hydrogens (tertiary/aromatic N) is 1. The van der Waals surface area contributed by atoms with E-state index in [0.717, 1.165) is 6.20 Å². The average Bonchev–Trinajstić information content (AvgIpc) is 2.19. The summed E-state index contributed by atoms with van der Waals surface area (Å²) in [7, 11) is 0. The van der Waals surface area contributed by atoms with Crippen LogP contribution in [0.3, 0.4) is 0 Å². The van der Waals surface area contributed by atoms with E-state index < -0.39 is 11.6 Å². The maximum Gasteiger partial charge on any atom is 0.141 e. The maximum absolute atomic E-state index is 12.8. The van der Waals surface area contributed by atoms with Gasteiger partial charge < -0.3 is 0 Å². The second-order valence-corrected chi connectivity index (χ2v) is 2.79. The molecule has 0 saturated heterocycles. The highest BCUT2D eigenvalue weighted by Crippen LogP contribution is 2.17. The third kappa shape index (κ3) is 1.76. The Morgan fingerprint density at radius 2 is 2.00 bits per heavy atom. The maximum atomic E-state index is 12.8. The van der Waals surface area contributed by atoms with Crippen LogP contribution < -0.4 is 0 Å². The summed E-state index contributed by atoms with van der Waals surface area (Å²) in [4.78, 5) is 3.83. The lowest BCUT2D eigenvalue weighted by Gasteiger charge is -1.99. The Hall–Kier alpha value is -1.77. The fourth-order valence-electron chi connectivity index (χ4n) is 1.14. The normalized spacial score (nSPS) is 10.1. The van der Waals surface area contributed by atoms with E-state index >= 15 is 0 Å². The van der Waals surface area contributed by atoms with Gasteiger partial charge in [-0.25, -0.2) is 8.78 Å². The van der Waals surface area contributed by atoms with Gasteiger partial charge in [-0.3, -0.25) is 4.98 Å². The molecule has 0 spiro atoms. The number of rotatable bonds is 1. The quantitative estimate of drug-likeness (QED) is 0.673. The Bertz CT molecular complexity index is 437. The first-order valence-corrected chi connectivity index (χ1v) is 4.05. The molecule has 3 heteroatoms. The molecule has 1 heterocycles. The van der Waals surface area contributed by atoms with Gasteiger partial charge in [0.15, 0.2) is 0 Å². The number of aromatic nitrogens is 1. The first-order valence-electron chi connectivity index (χ1n) is 4.05. The van der Waals surface area contributed by atoms with Gasteiger partial charge in [0.1, 0.15) is 11.6 Å². The number of hydrogen-bond acceptors (Lipinski definition) is 1. The number of halogens is 2. The molecular weight excluding hydrogens is 184 g/mol. The lowest BCUT2D eigenvalue weighted by atomic mass is 10.1. The van der Waals surface area contributed by atoms with E-state index in [0.29, 0.717) is 11.3 Å². The molecule has 0 saturated carbocycles. The van der Waals surface area contributed by atoms with Crippen LogP contribution in [0.15, 0.2) is 36.5 Å². The van der Waals surface area contributed by atoms with Crippen molar-refractivity contribution < 1.29 is 8.78 Å². The molecular formula is C11H6F2N. The fraction of sp³-hybridized carbons (Fsp3) is 0. The zero-order valence-corrected chi connectivity index (χ0v) is 7.17. The highest BCUT2D eigenvalue weighted by molar-refractivity contribution is 5.58. The molecule has 0 fully saturated rings. The molecule has 1 aromatic carbocycles. The van der Waals surface area contributed by atoms with Gasteiger partial charge in [0.05, 0.1) is 11.9 Å². The van der Waals surface area contributed by atoms with E-state index in [2.05, 4.69) is 11.1 Å². The molecule has 2 aromatic rings. The Kier molecular flexibility index (Phi) is 2.23. The van der Waals surface area contributed by atoms with Crippen LogP contribution in [-0.2, 0) is 0 Å². The van der Waals surface area contributed by atoms with E-state index in [-0.39, 0.29) is 0 Å². The first-order chi connectivity index (χ1) is 6.75. The van der Waals surface area contributed by atoms with Crippen molar-refractivity contribution in [3.63, 3.8) is 0 Å². The molecule has 2 rings (SSSR count). The van der Waals surface area contributed by atoms with Crippen LogP contribution in [0.2, 0.25) is 0 Å². The van der Waals surface area contributed by atoms with Gasteiger partial charge in [0.2, 0.25) is 0 Å². The minimum absolute atomic E-state index is 0.406. The fourth-order valence-corrected chi connectivity index (χ4v) is 1.14. The van der Waals surface area contributed by atoms with Crippen molar-refractivity contribution in [1.82, 2.24) is 4.98 Å². The minimum Gasteiger partial charge on any atom is -0.253 e. The van der Waals surface area contributed by atoms with Crippen molar-refractivity contribution in [3.05, 3.63) is 54.2 Å². The summed E-state index contributed by atoms with van der Waals surface area (Å²) in [6.07, 6.45) is 1.10. The van der Waals surface area contributed by atoms with Gasteiger partial charge >= 0.3 is 0 Å². The van der Waals surface area contributed by atoms with Crippen molar-refractivity contribution in [2.45, 2.75) is 0 Å². The lowest BCUT2D eigenvalue weighted by Crippen LogP contribution is -1.85. The standard InChI is InChI=1S/C11H6F2N/c12-9-3-1-2-8(6-9)11-5-4-10(13)7-14-11/h1-2,4-7H. The molecule has 0 aliphatic rings. The molecule has 0 unspecified atom stereocenters. The predicted molar refractivity (Wildman–Crippen MR) is 48.4 cm³/mol. The number of hydrogen-bond donors (Lipinski definition) is 0. The summed E-state index contributed by atoms with van der Waals surface area (Å²) in [6, 6.07) is 9.62. The van der Waals surface area contributed by atoms with E-state index in [4.69, 9.17) is 0 Å². The number of pyridine rings is 1. The Morgan fingerprint density at radius 3 is 2.64 bits per heavy atom. The average molecular weight is 190 g/mol. The van der Waals surface area contributed by atoms with Crippen molar-refractivity contribution in [2.75, 3.05) is 0 Å². The summed E-state index contributed by atoms with van der Waals surface area (Å²) in [6.45, 7) is 0. The van der Waals surface area contributed by atoms with E-state index in [1.54, 1.807) is 6.07 Å². The molecule has 0 bridgehead atoms. The summed E-state index contributed by atoms with van der Waals surface area (Å²) in [5.41, 5.74) is 1.15. The Morgan fingerprint density at radius 1 is 1.14 bits per heavy atom. The van der Waals surface area contributed by atoms with Crippen LogP contribution in [0.25, 0.3) is 11.3 Å². The molecule has 0 aliphatic carbocycles. The molecule has 0 amide bonds. The third-order valence-electron chi connectivity index (χ3n) is 1.79. The summed E-state index contributed by atoms with van der Waals surface area (Å²) in [5, 5.41) is 0. The summed E-state index contributed by atoms with van der Waals surface area (Å²) in [5.74, 6) is -0.856. The van der Waals surface area contributed by atoms with Gasteiger partial charge in [-0.15, -0.1) is 0 Å². The molecule has 0 aliphatic heterocycles. The largest absolute Gasteiger partial charge is 0.253 e. The van der Waals surface area contributed by atoms with Crippen molar-refractivity contribution in [3.8, 4) is 11.3 Å². The van der Waals surface area contributed by atoms with E-state index in [1.807, 2.05) is 0 Å². The topological polar surface area (TPSA) is 12.9 Å². The third-order valence-corrected chi connectivity index (χ3v) is 1.79.